The van der Waals surface area contributed by atoms with E-state index in [1.807, 2.05) is 0 Å². The van der Waals surface area contributed by atoms with E-state index in [1.165, 1.54) is 0 Å². The van der Waals surface area contributed by atoms with Gasteiger partial charge in [-0.3, -0.25) is 10.1 Å². The Morgan fingerprint density at radius 2 is 2.26 bits per heavy atom. The van der Waals surface area contributed by atoms with Gasteiger partial charge in [-0.2, -0.15) is 0 Å². The van der Waals surface area contributed by atoms with Crippen molar-refractivity contribution >= 4 is 23.4 Å². The highest BCUT2D eigenvalue weighted by atomic mass is 32.2. The van der Waals surface area contributed by atoms with Gasteiger partial charge in [0.05, 0.1) is 10.5 Å². The van der Waals surface area contributed by atoms with Crippen molar-refractivity contribution in [1.29, 1.82) is 0 Å². The van der Waals surface area contributed by atoms with Gasteiger partial charge in [0, 0.05) is 31.7 Å². The first-order chi connectivity index (χ1) is 8.99. The standard InChI is InChI=1S/C10H8N4O4S/c1-13-3-2-11-10(13)19-8-7(14(17)18)4-6(5-12-8)9(15)16/h2-5H,1H3,(H,15,16). The first-order valence-electron chi connectivity index (χ1n) is 5.02. The zero-order valence-corrected chi connectivity index (χ0v) is 10.5. The van der Waals surface area contributed by atoms with E-state index in [2.05, 4.69) is 9.97 Å². The number of rotatable bonds is 4. The Morgan fingerprint density at radius 3 is 2.79 bits per heavy atom. The molecule has 0 unspecified atom stereocenters. The highest BCUT2D eigenvalue weighted by molar-refractivity contribution is 7.99. The monoisotopic (exact) mass is 280 g/mol. The molecule has 98 valence electrons. The Hall–Kier alpha value is -2.42. The van der Waals surface area contributed by atoms with E-state index in [0.29, 0.717) is 5.16 Å². The average Bonchev–Trinajstić information content (AvgIpc) is 2.75. The van der Waals surface area contributed by atoms with E-state index >= 15 is 0 Å². The van der Waals surface area contributed by atoms with E-state index in [0.717, 1.165) is 24.0 Å². The van der Waals surface area contributed by atoms with Gasteiger partial charge in [-0.15, -0.1) is 0 Å². The number of imidazole rings is 1. The fraction of sp³-hybridized carbons (Fsp3) is 0.100. The molecule has 2 rings (SSSR count). The summed E-state index contributed by atoms with van der Waals surface area (Å²) in [6.45, 7) is 0. The lowest BCUT2D eigenvalue weighted by atomic mass is 10.3. The van der Waals surface area contributed by atoms with Crippen molar-refractivity contribution in [3.05, 3.63) is 40.3 Å². The van der Waals surface area contributed by atoms with Gasteiger partial charge in [0.2, 0.25) is 0 Å². The van der Waals surface area contributed by atoms with Crippen LogP contribution in [0, 0.1) is 10.1 Å². The molecule has 2 aromatic heterocycles. The van der Waals surface area contributed by atoms with Crippen LogP contribution >= 0.6 is 11.8 Å². The summed E-state index contributed by atoms with van der Waals surface area (Å²) >= 11 is 1.00. The van der Waals surface area contributed by atoms with Crippen LogP contribution in [0.5, 0.6) is 0 Å². The lowest BCUT2D eigenvalue weighted by Gasteiger charge is -2.03. The van der Waals surface area contributed by atoms with Crippen molar-refractivity contribution < 1.29 is 14.8 Å². The molecule has 0 aliphatic heterocycles. The Morgan fingerprint density at radius 1 is 1.53 bits per heavy atom. The van der Waals surface area contributed by atoms with Crippen molar-refractivity contribution in [2.75, 3.05) is 0 Å². The van der Waals surface area contributed by atoms with Gasteiger partial charge >= 0.3 is 11.7 Å². The summed E-state index contributed by atoms with van der Waals surface area (Å²) in [6, 6.07) is 0.987. The number of aromatic nitrogens is 3. The second-order valence-electron chi connectivity index (χ2n) is 3.53. The Kier molecular flexibility index (Phi) is 3.47. The van der Waals surface area contributed by atoms with Gasteiger partial charge in [0.1, 0.15) is 0 Å². The number of hydrogen-bond acceptors (Lipinski definition) is 6. The van der Waals surface area contributed by atoms with Gasteiger partial charge in [0.15, 0.2) is 10.2 Å². The number of hydrogen-bond donors (Lipinski definition) is 1. The quantitative estimate of drug-likeness (QED) is 0.668. The molecule has 1 N–H and O–H groups in total. The highest BCUT2D eigenvalue weighted by Gasteiger charge is 2.20. The molecule has 0 aliphatic carbocycles. The number of carbonyl (C=O) groups is 1. The van der Waals surface area contributed by atoms with Crippen molar-refractivity contribution in [2.45, 2.75) is 10.2 Å². The predicted molar refractivity (Wildman–Crippen MR) is 65.2 cm³/mol. The first kappa shape index (κ1) is 13.0. The van der Waals surface area contributed by atoms with Gasteiger partial charge in [-0.1, -0.05) is 0 Å². The van der Waals surface area contributed by atoms with Crippen LogP contribution in [-0.2, 0) is 7.05 Å². The molecular formula is C10H8N4O4S. The summed E-state index contributed by atoms with van der Waals surface area (Å²) in [7, 11) is 1.74. The van der Waals surface area contributed by atoms with Crippen LogP contribution in [0.4, 0.5) is 5.69 Å². The third-order valence-electron chi connectivity index (χ3n) is 2.24. The molecule has 0 amide bonds. The van der Waals surface area contributed by atoms with E-state index in [1.54, 1.807) is 24.0 Å². The van der Waals surface area contributed by atoms with Crippen LogP contribution in [0.1, 0.15) is 10.4 Å². The molecule has 0 atom stereocenters. The minimum atomic E-state index is -1.26. The Bertz CT molecular complexity index is 655. The fourth-order valence-corrected chi connectivity index (χ4v) is 2.14. The van der Waals surface area contributed by atoms with Crippen LogP contribution < -0.4 is 0 Å². The van der Waals surface area contributed by atoms with E-state index in [9.17, 15) is 14.9 Å². The van der Waals surface area contributed by atoms with E-state index in [4.69, 9.17) is 5.11 Å². The van der Waals surface area contributed by atoms with Crippen LogP contribution in [0.3, 0.4) is 0 Å². The molecule has 0 spiro atoms. The van der Waals surface area contributed by atoms with Crippen molar-refractivity contribution in [1.82, 2.24) is 14.5 Å². The number of aryl methyl sites for hydroxylation is 1. The summed E-state index contributed by atoms with van der Waals surface area (Å²) in [4.78, 5) is 28.9. The van der Waals surface area contributed by atoms with Crippen molar-refractivity contribution in [2.24, 2.45) is 7.05 Å². The summed E-state index contributed by atoms with van der Waals surface area (Å²) < 4.78 is 1.68. The van der Waals surface area contributed by atoms with Gasteiger partial charge in [-0.05, 0) is 11.8 Å². The molecule has 0 fully saturated rings. The van der Waals surface area contributed by atoms with Gasteiger partial charge < -0.3 is 9.67 Å². The highest BCUT2D eigenvalue weighted by Crippen LogP contribution is 2.32. The molecule has 0 saturated carbocycles. The van der Waals surface area contributed by atoms with Crippen LogP contribution in [0.2, 0.25) is 0 Å². The number of nitro groups is 1. The topological polar surface area (TPSA) is 111 Å². The number of carboxylic acids is 1. The average molecular weight is 280 g/mol. The van der Waals surface area contributed by atoms with Crippen LogP contribution in [-0.4, -0.2) is 30.5 Å². The zero-order valence-electron chi connectivity index (χ0n) is 9.68. The number of pyridine rings is 1. The third-order valence-corrected chi connectivity index (χ3v) is 3.32. The maximum atomic E-state index is 10.9. The smallest absolute Gasteiger partial charge is 0.337 e. The summed E-state index contributed by atoms with van der Waals surface area (Å²) in [5.74, 6) is -1.26. The molecule has 2 heterocycles. The minimum Gasteiger partial charge on any atom is -0.478 e. The maximum absolute atomic E-state index is 10.9. The molecule has 0 aliphatic rings. The van der Waals surface area contributed by atoms with Crippen LogP contribution in [0.25, 0.3) is 0 Å². The van der Waals surface area contributed by atoms with Crippen LogP contribution in [0.15, 0.2) is 34.8 Å². The number of carboxylic acid groups (broad SMARTS) is 1. The number of aromatic carboxylic acids is 1. The molecule has 9 heteroatoms. The largest absolute Gasteiger partial charge is 0.478 e. The molecule has 0 radical (unpaired) electrons. The third kappa shape index (κ3) is 2.71. The molecular weight excluding hydrogens is 272 g/mol. The van der Waals surface area contributed by atoms with Gasteiger partial charge in [0.25, 0.3) is 0 Å². The van der Waals surface area contributed by atoms with E-state index in [-0.39, 0.29) is 16.3 Å². The lowest BCUT2D eigenvalue weighted by Crippen LogP contribution is -2.02. The Balaban J connectivity index is 2.43. The predicted octanol–water partition coefficient (Wildman–Crippen LogP) is 1.57. The zero-order chi connectivity index (χ0) is 14.0. The molecule has 0 bridgehead atoms. The lowest BCUT2D eigenvalue weighted by molar-refractivity contribution is -0.388. The summed E-state index contributed by atoms with van der Waals surface area (Å²) in [5, 5.41) is 20.4. The molecule has 8 nitrogen and oxygen atoms in total. The Labute approximate surface area is 111 Å². The molecule has 2 aromatic rings. The summed E-state index contributed by atoms with van der Waals surface area (Å²) in [5.41, 5.74) is -0.580. The maximum Gasteiger partial charge on any atom is 0.337 e. The van der Waals surface area contributed by atoms with E-state index < -0.39 is 10.9 Å². The minimum absolute atomic E-state index is 0.101. The first-order valence-corrected chi connectivity index (χ1v) is 5.83. The molecule has 19 heavy (non-hydrogen) atoms. The second-order valence-corrected chi connectivity index (χ2v) is 4.49. The number of nitrogens with zero attached hydrogens (tertiary/aromatic N) is 4. The van der Waals surface area contributed by atoms with Crippen molar-refractivity contribution in [3.8, 4) is 0 Å². The SMILES string of the molecule is Cn1ccnc1Sc1ncc(C(=O)O)cc1[N+](=O)[O-]. The second kappa shape index (κ2) is 5.06. The summed E-state index contributed by atoms with van der Waals surface area (Å²) in [6.07, 6.45) is 4.33. The molecule has 0 saturated heterocycles. The normalized spacial score (nSPS) is 10.4. The fourth-order valence-electron chi connectivity index (χ4n) is 1.30. The van der Waals surface area contributed by atoms with Crippen molar-refractivity contribution in [3.63, 3.8) is 0 Å². The van der Waals surface area contributed by atoms with Gasteiger partial charge in [-0.25, -0.2) is 14.8 Å². The molecule has 0 aromatic carbocycles.